The van der Waals surface area contributed by atoms with Crippen molar-refractivity contribution in [2.75, 3.05) is 12.4 Å². The Bertz CT molecular complexity index is 860. The Hall–Kier alpha value is -2.46. The molecule has 2 N–H and O–H groups in total. The minimum absolute atomic E-state index is 0.0492. The van der Waals surface area contributed by atoms with Crippen molar-refractivity contribution >= 4 is 23.3 Å². The summed E-state index contributed by atoms with van der Waals surface area (Å²) >= 11 is 6.41. The SMILES string of the molecule is COc1ccc([C@@H]2Nc3c(Cl)ccc(C(=O)O)c3C3C=CCC32)cc1. The summed E-state index contributed by atoms with van der Waals surface area (Å²) in [4.78, 5) is 11.7. The topological polar surface area (TPSA) is 58.6 Å². The van der Waals surface area contributed by atoms with E-state index in [1.807, 2.05) is 24.3 Å². The number of aromatic carboxylic acids is 1. The van der Waals surface area contributed by atoms with Gasteiger partial charge in [0.1, 0.15) is 5.75 Å². The molecule has 2 aromatic carbocycles. The zero-order valence-corrected chi connectivity index (χ0v) is 14.5. The maximum Gasteiger partial charge on any atom is 0.336 e. The molecule has 0 saturated heterocycles. The van der Waals surface area contributed by atoms with Crippen LogP contribution in [0.3, 0.4) is 0 Å². The Labute approximate surface area is 151 Å². The number of hydrogen-bond donors (Lipinski definition) is 2. The molecule has 2 aromatic rings. The van der Waals surface area contributed by atoms with Gasteiger partial charge in [-0.25, -0.2) is 4.79 Å². The largest absolute Gasteiger partial charge is 0.497 e. The number of rotatable bonds is 3. The van der Waals surface area contributed by atoms with Crippen LogP contribution >= 0.6 is 11.6 Å². The summed E-state index contributed by atoms with van der Waals surface area (Å²) in [5.74, 6) is 0.203. The number of halogens is 1. The Kier molecular flexibility index (Phi) is 3.92. The van der Waals surface area contributed by atoms with E-state index in [4.69, 9.17) is 16.3 Å². The van der Waals surface area contributed by atoms with E-state index in [1.54, 1.807) is 19.2 Å². The van der Waals surface area contributed by atoms with Crippen LogP contribution < -0.4 is 10.1 Å². The quantitative estimate of drug-likeness (QED) is 0.771. The monoisotopic (exact) mass is 355 g/mol. The molecule has 2 aliphatic rings. The van der Waals surface area contributed by atoms with Crippen molar-refractivity contribution in [2.45, 2.75) is 18.4 Å². The zero-order valence-electron chi connectivity index (χ0n) is 13.7. The van der Waals surface area contributed by atoms with Crippen LogP contribution in [0.1, 0.15) is 39.9 Å². The highest BCUT2D eigenvalue weighted by Crippen LogP contribution is 2.52. The number of nitrogens with one attached hydrogen (secondary N) is 1. The summed E-state index contributed by atoms with van der Waals surface area (Å²) in [6, 6.07) is 11.3. The fraction of sp³-hybridized carbons (Fsp3) is 0.250. The smallest absolute Gasteiger partial charge is 0.336 e. The fourth-order valence-corrected chi connectivity index (χ4v) is 4.22. The first kappa shape index (κ1) is 16.0. The van der Waals surface area contributed by atoms with Crippen LogP contribution in [0.15, 0.2) is 48.6 Å². The summed E-state index contributed by atoms with van der Waals surface area (Å²) in [6.07, 6.45) is 5.15. The minimum Gasteiger partial charge on any atom is -0.497 e. The molecule has 0 saturated carbocycles. The molecule has 5 heteroatoms. The van der Waals surface area contributed by atoms with Crippen molar-refractivity contribution in [3.63, 3.8) is 0 Å². The third kappa shape index (κ3) is 2.57. The predicted octanol–water partition coefficient (Wildman–Crippen LogP) is 4.87. The Morgan fingerprint density at radius 1 is 1.24 bits per heavy atom. The van der Waals surface area contributed by atoms with Crippen molar-refractivity contribution in [1.29, 1.82) is 0 Å². The van der Waals surface area contributed by atoms with E-state index in [2.05, 4.69) is 17.5 Å². The van der Waals surface area contributed by atoms with Gasteiger partial charge in [0.2, 0.25) is 0 Å². The molecule has 0 radical (unpaired) electrons. The van der Waals surface area contributed by atoms with Crippen LogP contribution in [0.25, 0.3) is 0 Å². The average molecular weight is 356 g/mol. The number of carboxylic acids is 1. The van der Waals surface area contributed by atoms with Crippen molar-refractivity contribution in [2.24, 2.45) is 5.92 Å². The molecule has 0 amide bonds. The first-order valence-electron chi connectivity index (χ1n) is 8.23. The first-order valence-corrected chi connectivity index (χ1v) is 8.60. The number of allylic oxidation sites excluding steroid dienone is 2. The maximum absolute atomic E-state index is 11.7. The number of ether oxygens (including phenoxy) is 1. The summed E-state index contributed by atoms with van der Waals surface area (Å²) in [5.41, 5.74) is 2.99. The lowest BCUT2D eigenvalue weighted by atomic mass is 9.75. The molecule has 0 bridgehead atoms. The number of carboxylic acid groups (broad SMARTS) is 1. The highest BCUT2D eigenvalue weighted by atomic mass is 35.5. The minimum atomic E-state index is -0.920. The lowest BCUT2D eigenvalue weighted by Gasteiger charge is -2.38. The van der Waals surface area contributed by atoms with Gasteiger partial charge in [-0.15, -0.1) is 0 Å². The number of fused-ring (bicyclic) bond motifs is 3. The fourth-order valence-electron chi connectivity index (χ4n) is 4.00. The molecule has 3 atom stereocenters. The van der Waals surface area contributed by atoms with Gasteiger partial charge in [-0.05, 0) is 47.7 Å². The van der Waals surface area contributed by atoms with Crippen molar-refractivity contribution in [3.05, 3.63) is 70.3 Å². The molecular formula is C20H18ClNO3. The predicted molar refractivity (Wildman–Crippen MR) is 97.8 cm³/mol. The van der Waals surface area contributed by atoms with Gasteiger partial charge >= 0.3 is 5.97 Å². The van der Waals surface area contributed by atoms with Crippen molar-refractivity contribution in [1.82, 2.24) is 0 Å². The molecular weight excluding hydrogens is 338 g/mol. The molecule has 25 heavy (non-hydrogen) atoms. The van der Waals surface area contributed by atoms with E-state index in [-0.39, 0.29) is 17.9 Å². The number of hydrogen-bond acceptors (Lipinski definition) is 3. The van der Waals surface area contributed by atoms with E-state index in [9.17, 15) is 9.90 Å². The number of anilines is 1. The lowest BCUT2D eigenvalue weighted by Crippen LogP contribution is -2.30. The summed E-state index contributed by atoms with van der Waals surface area (Å²) in [5, 5.41) is 13.6. The van der Waals surface area contributed by atoms with Crippen LogP contribution in [0, 0.1) is 5.92 Å². The van der Waals surface area contributed by atoms with E-state index in [0.717, 1.165) is 29.0 Å². The Morgan fingerprint density at radius 3 is 2.68 bits per heavy atom. The molecule has 1 aliphatic heterocycles. The first-order chi connectivity index (χ1) is 12.1. The van der Waals surface area contributed by atoms with Gasteiger partial charge in [0, 0.05) is 5.92 Å². The zero-order chi connectivity index (χ0) is 17.6. The molecule has 128 valence electrons. The molecule has 4 nitrogen and oxygen atoms in total. The van der Waals surface area contributed by atoms with Crippen LogP contribution in [0.2, 0.25) is 5.02 Å². The standard InChI is InChI=1S/C20H18ClNO3/c1-25-12-7-5-11(6-8-12)18-14-4-2-3-13(14)17-15(20(23)24)9-10-16(21)19(17)22-18/h2-3,5-10,13-14,18,22H,4H2,1H3,(H,23,24)/t13?,14?,18-/m0/s1. The number of carbonyl (C=O) groups is 1. The van der Waals surface area contributed by atoms with Gasteiger partial charge in [0.15, 0.2) is 0 Å². The Balaban J connectivity index is 1.82. The molecule has 1 aliphatic carbocycles. The van der Waals surface area contributed by atoms with Crippen LogP contribution in [0.4, 0.5) is 5.69 Å². The van der Waals surface area contributed by atoms with Crippen molar-refractivity contribution < 1.29 is 14.6 Å². The lowest BCUT2D eigenvalue weighted by molar-refractivity contribution is 0.0695. The Morgan fingerprint density at radius 2 is 2.00 bits per heavy atom. The summed E-state index contributed by atoms with van der Waals surface area (Å²) in [6.45, 7) is 0. The van der Waals surface area contributed by atoms with Crippen LogP contribution in [-0.4, -0.2) is 18.2 Å². The van der Waals surface area contributed by atoms with E-state index in [0.29, 0.717) is 10.6 Å². The highest BCUT2D eigenvalue weighted by molar-refractivity contribution is 6.33. The second kappa shape index (κ2) is 6.12. The van der Waals surface area contributed by atoms with Crippen LogP contribution in [0.5, 0.6) is 5.75 Å². The number of benzene rings is 2. The second-order valence-electron chi connectivity index (χ2n) is 6.44. The van der Waals surface area contributed by atoms with Gasteiger partial charge < -0.3 is 15.2 Å². The van der Waals surface area contributed by atoms with Crippen molar-refractivity contribution in [3.8, 4) is 5.75 Å². The number of methoxy groups -OCH3 is 1. The molecule has 0 aromatic heterocycles. The van der Waals surface area contributed by atoms with Gasteiger partial charge in [-0.3, -0.25) is 0 Å². The van der Waals surface area contributed by atoms with Gasteiger partial charge in [0.25, 0.3) is 0 Å². The van der Waals surface area contributed by atoms with E-state index < -0.39 is 5.97 Å². The third-order valence-corrected chi connectivity index (χ3v) is 5.49. The summed E-state index contributed by atoms with van der Waals surface area (Å²) < 4.78 is 5.24. The normalized spacial score (nSPS) is 23.5. The molecule has 0 fully saturated rings. The van der Waals surface area contributed by atoms with E-state index in [1.165, 1.54) is 0 Å². The van der Waals surface area contributed by atoms with Gasteiger partial charge in [-0.2, -0.15) is 0 Å². The van der Waals surface area contributed by atoms with Crippen LogP contribution in [-0.2, 0) is 0 Å². The van der Waals surface area contributed by atoms with Gasteiger partial charge in [0.05, 0.1) is 29.4 Å². The van der Waals surface area contributed by atoms with Gasteiger partial charge in [-0.1, -0.05) is 35.9 Å². The molecule has 1 heterocycles. The third-order valence-electron chi connectivity index (χ3n) is 5.17. The maximum atomic E-state index is 11.7. The molecule has 2 unspecified atom stereocenters. The molecule has 4 rings (SSSR count). The van der Waals surface area contributed by atoms with E-state index >= 15 is 0 Å². The summed E-state index contributed by atoms with van der Waals surface area (Å²) in [7, 11) is 1.65. The second-order valence-corrected chi connectivity index (χ2v) is 6.84. The average Bonchev–Trinajstić information content (AvgIpc) is 3.11. The highest BCUT2D eigenvalue weighted by Gasteiger charge is 2.40. The molecule has 0 spiro atoms.